The molecular weight excluding hydrogens is 160 g/mol. The van der Waals surface area contributed by atoms with Crippen LogP contribution in [0.1, 0.15) is 13.3 Å². The quantitative estimate of drug-likeness (QED) is 0.621. The summed E-state index contributed by atoms with van der Waals surface area (Å²) in [5.41, 5.74) is 0. The van der Waals surface area contributed by atoms with Crippen molar-refractivity contribution in [2.75, 3.05) is 26.2 Å². The molecule has 2 nitrogen and oxygen atoms in total. The van der Waals surface area contributed by atoms with Gasteiger partial charge in [0.2, 0.25) is 0 Å². The van der Waals surface area contributed by atoms with E-state index in [4.69, 9.17) is 6.42 Å². The van der Waals surface area contributed by atoms with Crippen LogP contribution in [0, 0.1) is 24.2 Å². The van der Waals surface area contributed by atoms with Crippen LogP contribution in [0.4, 0.5) is 0 Å². The normalized spacial score (nSPS) is 38.9. The predicted molar refractivity (Wildman–Crippen MR) is 54.3 cm³/mol. The molecule has 72 valence electrons. The largest absolute Gasteiger partial charge is 0.316 e. The van der Waals surface area contributed by atoms with Gasteiger partial charge < -0.3 is 5.32 Å². The molecule has 0 aromatic rings. The van der Waals surface area contributed by atoms with Gasteiger partial charge in [0.15, 0.2) is 0 Å². The van der Waals surface area contributed by atoms with Gasteiger partial charge in [-0.1, -0.05) is 12.8 Å². The Morgan fingerprint density at radius 1 is 1.54 bits per heavy atom. The molecule has 2 fully saturated rings. The number of fused-ring (bicyclic) bond motifs is 1. The average molecular weight is 178 g/mol. The molecule has 2 aliphatic heterocycles. The van der Waals surface area contributed by atoms with E-state index in [2.05, 4.69) is 23.1 Å². The molecule has 0 amide bonds. The molecule has 2 aliphatic rings. The Kier molecular flexibility index (Phi) is 2.57. The van der Waals surface area contributed by atoms with Crippen LogP contribution in [0.15, 0.2) is 0 Å². The fraction of sp³-hybridized carbons (Fsp3) is 0.818. The van der Waals surface area contributed by atoms with Crippen LogP contribution in [0.2, 0.25) is 0 Å². The van der Waals surface area contributed by atoms with Gasteiger partial charge in [0, 0.05) is 12.6 Å². The summed E-state index contributed by atoms with van der Waals surface area (Å²) in [7, 11) is 0. The first-order valence-electron chi connectivity index (χ1n) is 5.25. The molecule has 0 spiro atoms. The Morgan fingerprint density at radius 2 is 2.38 bits per heavy atom. The maximum Gasteiger partial charge on any atom is 0.0601 e. The molecule has 3 atom stereocenters. The van der Waals surface area contributed by atoms with E-state index in [1.807, 2.05) is 0 Å². The predicted octanol–water partition coefficient (Wildman–Crippen LogP) is 0.549. The fourth-order valence-corrected chi connectivity index (χ4v) is 2.97. The lowest BCUT2D eigenvalue weighted by atomic mass is 9.93. The molecular formula is C11H18N2. The highest BCUT2D eigenvalue weighted by molar-refractivity contribution is 5.01. The number of nitrogens with zero attached hydrogens (tertiary/aromatic N) is 1. The van der Waals surface area contributed by atoms with Crippen molar-refractivity contribution < 1.29 is 0 Å². The third kappa shape index (κ3) is 1.47. The van der Waals surface area contributed by atoms with E-state index < -0.39 is 0 Å². The minimum Gasteiger partial charge on any atom is -0.316 e. The first-order chi connectivity index (χ1) is 6.36. The highest BCUT2D eigenvalue weighted by Crippen LogP contribution is 2.33. The van der Waals surface area contributed by atoms with Crippen molar-refractivity contribution in [3.8, 4) is 12.3 Å². The van der Waals surface area contributed by atoms with E-state index >= 15 is 0 Å². The van der Waals surface area contributed by atoms with Crippen molar-refractivity contribution in [2.24, 2.45) is 11.8 Å². The van der Waals surface area contributed by atoms with Crippen LogP contribution in [0.25, 0.3) is 0 Å². The maximum atomic E-state index is 5.37. The molecule has 1 N–H and O–H groups in total. The third-order valence-electron chi connectivity index (χ3n) is 3.54. The molecule has 0 radical (unpaired) electrons. The summed E-state index contributed by atoms with van der Waals surface area (Å²) in [6.07, 6.45) is 6.61. The summed E-state index contributed by atoms with van der Waals surface area (Å²) in [4.78, 5) is 2.48. The number of hydrogen-bond acceptors (Lipinski definition) is 2. The lowest BCUT2D eigenvalue weighted by Crippen LogP contribution is -2.35. The first-order valence-corrected chi connectivity index (χ1v) is 5.25. The second kappa shape index (κ2) is 3.69. The van der Waals surface area contributed by atoms with Crippen LogP contribution in [-0.2, 0) is 0 Å². The van der Waals surface area contributed by atoms with Crippen LogP contribution in [0.5, 0.6) is 0 Å². The standard InChI is InChI=1S/C11H18N2/c1-3-5-13-8-9-6-12-7-10(9)11(13)4-2/h1,9-12H,4-8H2,2H3. The zero-order valence-corrected chi connectivity index (χ0v) is 8.29. The van der Waals surface area contributed by atoms with Gasteiger partial charge in [0.25, 0.3) is 0 Å². The highest BCUT2D eigenvalue weighted by atomic mass is 15.2. The Bertz CT molecular complexity index is 219. The molecule has 0 saturated carbocycles. The Morgan fingerprint density at radius 3 is 3.08 bits per heavy atom. The summed E-state index contributed by atoms with van der Waals surface area (Å²) in [5.74, 6) is 4.49. The van der Waals surface area contributed by atoms with Crippen LogP contribution in [-0.4, -0.2) is 37.1 Å². The summed E-state index contributed by atoms with van der Waals surface area (Å²) in [6.45, 7) is 6.72. The zero-order chi connectivity index (χ0) is 9.26. The number of rotatable bonds is 2. The van der Waals surface area contributed by atoms with E-state index in [-0.39, 0.29) is 0 Å². The molecule has 13 heavy (non-hydrogen) atoms. The van der Waals surface area contributed by atoms with E-state index in [0.29, 0.717) is 0 Å². The second-order valence-corrected chi connectivity index (χ2v) is 4.19. The SMILES string of the molecule is C#CCN1CC2CNCC2C1CC. The molecule has 0 bridgehead atoms. The van der Waals surface area contributed by atoms with E-state index in [1.165, 1.54) is 26.1 Å². The van der Waals surface area contributed by atoms with Crippen LogP contribution >= 0.6 is 0 Å². The van der Waals surface area contributed by atoms with Crippen LogP contribution in [0.3, 0.4) is 0 Å². The summed E-state index contributed by atoms with van der Waals surface area (Å²) in [6, 6.07) is 0.732. The Balaban J connectivity index is 2.04. The Labute approximate surface area is 80.7 Å². The summed E-state index contributed by atoms with van der Waals surface area (Å²) in [5, 5.41) is 3.47. The summed E-state index contributed by atoms with van der Waals surface area (Å²) >= 11 is 0. The van der Waals surface area contributed by atoms with Crippen molar-refractivity contribution in [2.45, 2.75) is 19.4 Å². The number of hydrogen-bond donors (Lipinski definition) is 1. The van der Waals surface area contributed by atoms with Gasteiger partial charge in [-0.2, -0.15) is 0 Å². The third-order valence-corrected chi connectivity index (χ3v) is 3.54. The highest BCUT2D eigenvalue weighted by Gasteiger charge is 2.42. The average Bonchev–Trinajstić information content (AvgIpc) is 2.64. The van der Waals surface area contributed by atoms with Gasteiger partial charge in [0.1, 0.15) is 0 Å². The molecule has 2 heterocycles. The van der Waals surface area contributed by atoms with Crippen molar-refractivity contribution >= 4 is 0 Å². The first kappa shape index (κ1) is 9.05. The number of likely N-dealkylation sites (tertiary alicyclic amines) is 1. The molecule has 2 rings (SSSR count). The summed E-state index contributed by atoms with van der Waals surface area (Å²) < 4.78 is 0. The second-order valence-electron chi connectivity index (χ2n) is 4.19. The minimum atomic E-state index is 0.732. The minimum absolute atomic E-state index is 0.732. The van der Waals surface area contributed by atoms with Crippen molar-refractivity contribution in [3.63, 3.8) is 0 Å². The molecule has 3 unspecified atom stereocenters. The Hall–Kier alpha value is -0.520. The van der Waals surface area contributed by atoms with Crippen molar-refractivity contribution in [1.82, 2.24) is 10.2 Å². The van der Waals surface area contributed by atoms with Crippen molar-refractivity contribution in [1.29, 1.82) is 0 Å². The zero-order valence-electron chi connectivity index (χ0n) is 8.29. The fourth-order valence-electron chi connectivity index (χ4n) is 2.97. The molecule has 2 saturated heterocycles. The molecule has 0 aromatic carbocycles. The molecule has 2 heteroatoms. The van der Waals surface area contributed by atoms with E-state index in [1.54, 1.807) is 0 Å². The smallest absolute Gasteiger partial charge is 0.0601 e. The maximum absolute atomic E-state index is 5.37. The van der Waals surface area contributed by atoms with Gasteiger partial charge >= 0.3 is 0 Å². The topological polar surface area (TPSA) is 15.3 Å². The molecule has 0 aromatic heterocycles. The molecule has 0 aliphatic carbocycles. The van der Waals surface area contributed by atoms with E-state index in [9.17, 15) is 0 Å². The van der Waals surface area contributed by atoms with Gasteiger partial charge in [-0.05, 0) is 31.3 Å². The van der Waals surface area contributed by atoms with E-state index in [0.717, 1.165) is 24.4 Å². The van der Waals surface area contributed by atoms with Gasteiger partial charge in [0.05, 0.1) is 6.54 Å². The lowest BCUT2D eigenvalue weighted by Gasteiger charge is -2.24. The van der Waals surface area contributed by atoms with Crippen LogP contribution < -0.4 is 5.32 Å². The number of nitrogens with one attached hydrogen (secondary N) is 1. The van der Waals surface area contributed by atoms with Gasteiger partial charge in [-0.25, -0.2) is 0 Å². The monoisotopic (exact) mass is 178 g/mol. The van der Waals surface area contributed by atoms with Gasteiger partial charge in [-0.15, -0.1) is 6.42 Å². The van der Waals surface area contributed by atoms with Gasteiger partial charge in [-0.3, -0.25) is 4.90 Å². The lowest BCUT2D eigenvalue weighted by molar-refractivity contribution is 0.243. The van der Waals surface area contributed by atoms with Crippen molar-refractivity contribution in [3.05, 3.63) is 0 Å². The number of terminal acetylenes is 1.